The fourth-order valence-electron chi connectivity index (χ4n) is 3.23. The van der Waals surface area contributed by atoms with E-state index in [1.807, 2.05) is 13.0 Å². The van der Waals surface area contributed by atoms with E-state index in [0.29, 0.717) is 43.9 Å². The van der Waals surface area contributed by atoms with Gasteiger partial charge in [-0.3, -0.25) is 9.36 Å². The normalized spacial score (nSPS) is 11.0. The maximum absolute atomic E-state index is 13.4. The first-order valence-electron chi connectivity index (χ1n) is 8.44. The number of nitrogens with zero attached hydrogens (tertiary/aromatic N) is 2. The third-order valence-corrected chi connectivity index (χ3v) is 5.19. The highest BCUT2D eigenvalue weighted by molar-refractivity contribution is 9.08. The fourth-order valence-corrected chi connectivity index (χ4v) is 3.82. The molecular weight excluding hydrogens is 432 g/mol. The van der Waals surface area contributed by atoms with Gasteiger partial charge in [0.15, 0.2) is 0 Å². The number of ether oxygens (including phenoxy) is 1. The van der Waals surface area contributed by atoms with Gasteiger partial charge in [-0.2, -0.15) is 0 Å². The Hall–Kier alpha value is -2.18. The van der Waals surface area contributed by atoms with Crippen LogP contribution >= 0.6 is 27.5 Å². The van der Waals surface area contributed by atoms with E-state index in [2.05, 4.69) is 20.9 Å². The molecule has 140 valence electrons. The van der Waals surface area contributed by atoms with E-state index < -0.39 is 5.97 Å². The Labute approximate surface area is 170 Å². The molecule has 0 radical (unpaired) electrons. The van der Waals surface area contributed by atoms with Gasteiger partial charge in [-0.25, -0.2) is 9.78 Å². The van der Waals surface area contributed by atoms with E-state index in [1.165, 1.54) is 4.57 Å². The van der Waals surface area contributed by atoms with E-state index in [-0.39, 0.29) is 12.2 Å². The van der Waals surface area contributed by atoms with Gasteiger partial charge in [0.2, 0.25) is 0 Å². The van der Waals surface area contributed by atoms with Crippen LogP contribution in [0.25, 0.3) is 16.6 Å². The van der Waals surface area contributed by atoms with Gasteiger partial charge in [-0.15, -0.1) is 0 Å². The average molecular weight is 450 g/mol. The van der Waals surface area contributed by atoms with Crippen molar-refractivity contribution in [1.29, 1.82) is 0 Å². The predicted octanol–water partition coefficient (Wildman–Crippen LogP) is 4.73. The maximum Gasteiger partial charge on any atom is 0.338 e. The quantitative estimate of drug-likeness (QED) is 0.427. The smallest absolute Gasteiger partial charge is 0.338 e. The summed E-state index contributed by atoms with van der Waals surface area (Å²) in [7, 11) is 0. The molecule has 0 saturated carbocycles. The topological polar surface area (TPSA) is 61.2 Å². The first-order chi connectivity index (χ1) is 12.9. The van der Waals surface area contributed by atoms with Crippen molar-refractivity contribution in [2.45, 2.75) is 26.1 Å². The van der Waals surface area contributed by atoms with Crippen molar-refractivity contribution in [1.82, 2.24) is 9.55 Å². The van der Waals surface area contributed by atoms with Crippen molar-refractivity contribution in [2.75, 3.05) is 6.61 Å². The van der Waals surface area contributed by atoms with Crippen LogP contribution in [0.15, 0.2) is 35.1 Å². The lowest BCUT2D eigenvalue weighted by Crippen LogP contribution is -2.25. The van der Waals surface area contributed by atoms with Gasteiger partial charge in [0.1, 0.15) is 5.82 Å². The number of aryl methyl sites for hydroxylation is 2. The first-order valence-corrected chi connectivity index (χ1v) is 9.94. The van der Waals surface area contributed by atoms with Gasteiger partial charge in [-0.05, 0) is 50.1 Å². The molecule has 0 amide bonds. The van der Waals surface area contributed by atoms with E-state index in [9.17, 15) is 9.59 Å². The SMILES string of the molecule is CCOC(=O)c1c(C)cc2nc(CBr)n(-c3ccccc3Cl)c(=O)c2c1C. The Morgan fingerprint density at radius 1 is 1.30 bits per heavy atom. The number of hydrogen-bond donors (Lipinski definition) is 0. The molecule has 3 aromatic rings. The molecule has 1 heterocycles. The van der Waals surface area contributed by atoms with Crippen LogP contribution in [-0.4, -0.2) is 22.1 Å². The molecule has 0 aliphatic rings. The second kappa shape index (κ2) is 7.82. The molecule has 7 heteroatoms. The molecule has 3 rings (SSSR count). The highest BCUT2D eigenvalue weighted by Gasteiger charge is 2.21. The Kier molecular flexibility index (Phi) is 5.67. The highest BCUT2D eigenvalue weighted by Crippen LogP contribution is 2.26. The van der Waals surface area contributed by atoms with Crippen molar-refractivity contribution < 1.29 is 9.53 Å². The number of hydrogen-bond acceptors (Lipinski definition) is 4. The van der Waals surface area contributed by atoms with E-state index >= 15 is 0 Å². The number of halogens is 2. The monoisotopic (exact) mass is 448 g/mol. The number of rotatable bonds is 4. The summed E-state index contributed by atoms with van der Waals surface area (Å²) in [4.78, 5) is 30.5. The number of benzene rings is 2. The minimum Gasteiger partial charge on any atom is -0.462 e. The summed E-state index contributed by atoms with van der Waals surface area (Å²) in [6.45, 7) is 5.57. The molecule has 27 heavy (non-hydrogen) atoms. The van der Waals surface area contributed by atoms with Crippen LogP contribution in [0.5, 0.6) is 0 Å². The van der Waals surface area contributed by atoms with Crippen molar-refractivity contribution >= 4 is 44.4 Å². The van der Waals surface area contributed by atoms with Crippen LogP contribution in [0.3, 0.4) is 0 Å². The number of carbonyl (C=O) groups excluding carboxylic acids is 1. The number of esters is 1. The number of carbonyl (C=O) groups is 1. The lowest BCUT2D eigenvalue weighted by molar-refractivity contribution is 0.0525. The third-order valence-electron chi connectivity index (χ3n) is 4.37. The number of aromatic nitrogens is 2. The van der Waals surface area contributed by atoms with Crippen LogP contribution in [-0.2, 0) is 10.1 Å². The number of fused-ring (bicyclic) bond motifs is 1. The van der Waals surface area contributed by atoms with E-state index in [4.69, 9.17) is 16.3 Å². The van der Waals surface area contributed by atoms with Gasteiger partial charge in [0.05, 0.1) is 39.1 Å². The largest absolute Gasteiger partial charge is 0.462 e. The summed E-state index contributed by atoms with van der Waals surface area (Å²) in [6, 6.07) is 8.84. The third kappa shape index (κ3) is 3.39. The Morgan fingerprint density at radius 2 is 2.00 bits per heavy atom. The standard InChI is InChI=1S/C20H18BrClN2O3/c1-4-27-20(26)17-11(2)9-14-18(12(17)3)19(25)24(16(10-21)23-14)15-8-6-5-7-13(15)22/h5-9H,4,10H2,1-3H3. The van der Waals surface area contributed by atoms with Gasteiger partial charge in [-0.1, -0.05) is 39.7 Å². The minimum absolute atomic E-state index is 0.264. The molecule has 0 aliphatic carbocycles. The molecule has 0 fully saturated rings. The van der Waals surface area contributed by atoms with Crippen LogP contribution in [0.2, 0.25) is 5.02 Å². The van der Waals surface area contributed by atoms with Crippen molar-refractivity contribution in [3.8, 4) is 5.69 Å². The summed E-state index contributed by atoms with van der Waals surface area (Å²) in [6.07, 6.45) is 0. The Bertz CT molecular complexity index is 1110. The predicted molar refractivity (Wildman–Crippen MR) is 110 cm³/mol. The molecule has 0 bridgehead atoms. The molecule has 0 aliphatic heterocycles. The second-order valence-electron chi connectivity index (χ2n) is 6.06. The van der Waals surface area contributed by atoms with Gasteiger partial charge in [0, 0.05) is 0 Å². The second-order valence-corrected chi connectivity index (χ2v) is 7.03. The number of para-hydroxylation sites is 1. The first kappa shape index (κ1) is 19.6. The maximum atomic E-state index is 13.4. The lowest BCUT2D eigenvalue weighted by atomic mass is 9.98. The summed E-state index contributed by atoms with van der Waals surface area (Å²) >= 11 is 9.73. The van der Waals surface area contributed by atoms with Crippen molar-refractivity contribution in [2.24, 2.45) is 0 Å². The molecule has 1 aromatic heterocycles. The Balaban J connectivity index is 2.43. The molecule has 2 aromatic carbocycles. The molecule has 5 nitrogen and oxygen atoms in total. The zero-order valence-corrected chi connectivity index (χ0v) is 17.5. The summed E-state index contributed by atoms with van der Waals surface area (Å²) < 4.78 is 6.64. The van der Waals surface area contributed by atoms with E-state index in [1.54, 1.807) is 38.1 Å². The highest BCUT2D eigenvalue weighted by atomic mass is 79.9. The molecular formula is C20H18BrClN2O3. The van der Waals surface area contributed by atoms with Gasteiger partial charge in [0.25, 0.3) is 5.56 Å². The summed E-state index contributed by atoms with van der Waals surface area (Å²) in [5.41, 5.74) is 2.50. The van der Waals surface area contributed by atoms with Gasteiger partial charge < -0.3 is 4.74 Å². The molecule has 0 N–H and O–H groups in total. The number of alkyl halides is 1. The van der Waals surface area contributed by atoms with Crippen LogP contribution < -0.4 is 5.56 Å². The zero-order chi connectivity index (χ0) is 19.7. The van der Waals surface area contributed by atoms with Crippen LogP contribution in [0, 0.1) is 13.8 Å². The molecule has 0 atom stereocenters. The minimum atomic E-state index is -0.442. The molecule has 0 unspecified atom stereocenters. The molecule has 0 spiro atoms. The fraction of sp³-hybridized carbons (Fsp3) is 0.250. The van der Waals surface area contributed by atoms with Crippen molar-refractivity contribution in [3.05, 3.63) is 68.2 Å². The van der Waals surface area contributed by atoms with Crippen LogP contribution in [0.4, 0.5) is 0 Å². The van der Waals surface area contributed by atoms with E-state index in [0.717, 1.165) is 5.56 Å². The van der Waals surface area contributed by atoms with Crippen LogP contribution in [0.1, 0.15) is 34.2 Å². The van der Waals surface area contributed by atoms with Gasteiger partial charge >= 0.3 is 5.97 Å². The summed E-state index contributed by atoms with van der Waals surface area (Å²) in [5, 5.41) is 1.20. The van der Waals surface area contributed by atoms with Crippen molar-refractivity contribution in [3.63, 3.8) is 0 Å². The summed E-state index contributed by atoms with van der Waals surface area (Å²) in [5.74, 6) is 0.0888. The average Bonchev–Trinajstić information content (AvgIpc) is 2.62. The lowest BCUT2D eigenvalue weighted by Gasteiger charge is -2.16. The Morgan fingerprint density at radius 3 is 2.63 bits per heavy atom. The molecule has 0 saturated heterocycles. The zero-order valence-electron chi connectivity index (χ0n) is 15.2.